The second kappa shape index (κ2) is 10.1. The predicted molar refractivity (Wildman–Crippen MR) is 131 cm³/mol. The van der Waals surface area contributed by atoms with Crippen LogP contribution in [0.4, 0.5) is 11.4 Å². The minimum Gasteiger partial charge on any atom is -0.467 e. The summed E-state index contributed by atoms with van der Waals surface area (Å²) in [5.74, 6) is 0.480. The average molecular weight is 458 g/mol. The molecule has 4 aromatic rings. The number of hydrogen-bond acceptors (Lipinski definition) is 5. The number of carbonyl (C=O) groups excluding carboxylic acids is 2. The molecule has 7 heteroatoms. The van der Waals surface area contributed by atoms with Gasteiger partial charge in [-0.05, 0) is 67.1 Å². The summed E-state index contributed by atoms with van der Waals surface area (Å²) >= 11 is 0. The molecule has 0 unspecified atom stereocenters. The number of aryl methyl sites for hydroxylation is 1. The van der Waals surface area contributed by atoms with Gasteiger partial charge in [-0.15, -0.1) is 0 Å². The zero-order valence-corrected chi connectivity index (χ0v) is 19.4. The van der Waals surface area contributed by atoms with Crippen molar-refractivity contribution in [3.63, 3.8) is 0 Å². The molecule has 0 saturated heterocycles. The van der Waals surface area contributed by atoms with Gasteiger partial charge in [-0.1, -0.05) is 17.7 Å². The molecule has 34 heavy (non-hydrogen) atoms. The van der Waals surface area contributed by atoms with Crippen molar-refractivity contribution in [1.82, 2.24) is 4.90 Å². The van der Waals surface area contributed by atoms with Gasteiger partial charge in [0, 0.05) is 37.6 Å². The summed E-state index contributed by atoms with van der Waals surface area (Å²) in [6.45, 7) is 2.60. The van der Waals surface area contributed by atoms with Crippen LogP contribution in [0.5, 0.6) is 0 Å². The van der Waals surface area contributed by atoms with E-state index in [1.54, 1.807) is 29.4 Å². The number of amides is 2. The Labute approximate surface area is 198 Å². The largest absolute Gasteiger partial charge is 0.467 e. The molecule has 1 N–H and O–H groups in total. The summed E-state index contributed by atoms with van der Waals surface area (Å²) in [5, 5.41) is 2.86. The summed E-state index contributed by atoms with van der Waals surface area (Å²) in [6, 6.07) is 20.1. The molecule has 2 heterocycles. The number of furan rings is 2. The fourth-order valence-electron chi connectivity index (χ4n) is 3.78. The molecule has 0 aliphatic heterocycles. The van der Waals surface area contributed by atoms with Crippen LogP contribution < -0.4 is 10.2 Å². The molecule has 0 aliphatic rings. The zero-order valence-electron chi connectivity index (χ0n) is 19.4. The Bertz CT molecular complexity index is 1260. The van der Waals surface area contributed by atoms with Gasteiger partial charge in [-0.3, -0.25) is 9.59 Å². The number of anilines is 2. The van der Waals surface area contributed by atoms with Gasteiger partial charge in [0.2, 0.25) is 0 Å². The third-order valence-corrected chi connectivity index (χ3v) is 5.40. The van der Waals surface area contributed by atoms with Crippen molar-refractivity contribution in [3.05, 3.63) is 107 Å². The maximum absolute atomic E-state index is 13.5. The summed E-state index contributed by atoms with van der Waals surface area (Å²) in [4.78, 5) is 29.7. The summed E-state index contributed by atoms with van der Waals surface area (Å²) in [6.07, 6.45) is 3.06. The van der Waals surface area contributed by atoms with Crippen molar-refractivity contribution in [2.24, 2.45) is 0 Å². The van der Waals surface area contributed by atoms with E-state index in [1.165, 1.54) is 6.26 Å². The fraction of sp³-hybridized carbons (Fsp3) is 0.185. The van der Waals surface area contributed by atoms with E-state index in [-0.39, 0.29) is 17.6 Å². The Balaban J connectivity index is 1.65. The first-order valence-electron chi connectivity index (χ1n) is 10.9. The fourth-order valence-corrected chi connectivity index (χ4v) is 3.78. The minimum atomic E-state index is -0.336. The van der Waals surface area contributed by atoms with E-state index < -0.39 is 0 Å². The molecule has 4 rings (SSSR count). The van der Waals surface area contributed by atoms with Crippen molar-refractivity contribution in [1.29, 1.82) is 0 Å². The summed E-state index contributed by atoms with van der Waals surface area (Å²) < 4.78 is 10.7. The van der Waals surface area contributed by atoms with Crippen LogP contribution in [0.3, 0.4) is 0 Å². The minimum absolute atomic E-state index is 0.102. The predicted octanol–water partition coefficient (Wildman–Crippen LogP) is 5.34. The molecule has 2 aromatic carbocycles. The second-order valence-electron chi connectivity index (χ2n) is 8.28. The maximum Gasteiger partial charge on any atom is 0.291 e. The van der Waals surface area contributed by atoms with Crippen molar-refractivity contribution < 1.29 is 18.4 Å². The number of nitrogens with one attached hydrogen (secondary N) is 1. The third-order valence-electron chi connectivity index (χ3n) is 5.40. The van der Waals surface area contributed by atoms with Gasteiger partial charge in [-0.25, -0.2) is 0 Å². The monoisotopic (exact) mass is 457 g/mol. The number of nitrogens with zero attached hydrogens (tertiary/aromatic N) is 2. The molecule has 0 bridgehead atoms. The number of benzene rings is 2. The molecule has 0 spiro atoms. The topological polar surface area (TPSA) is 78.9 Å². The molecular weight excluding hydrogens is 430 g/mol. The second-order valence-corrected chi connectivity index (χ2v) is 8.28. The van der Waals surface area contributed by atoms with Crippen LogP contribution >= 0.6 is 0 Å². The van der Waals surface area contributed by atoms with E-state index in [4.69, 9.17) is 8.83 Å². The molecule has 0 fully saturated rings. The van der Waals surface area contributed by atoms with Gasteiger partial charge in [-0.2, -0.15) is 0 Å². The van der Waals surface area contributed by atoms with Gasteiger partial charge in [0.25, 0.3) is 11.8 Å². The number of hydrogen-bond donors (Lipinski definition) is 1. The lowest BCUT2D eigenvalue weighted by Gasteiger charge is -2.26. The van der Waals surface area contributed by atoms with Crippen LogP contribution in [0.25, 0.3) is 0 Å². The zero-order chi connectivity index (χ0) is 24.1. The number of rotatable bonds is 8. The SMILES string of the molecule is Cc1cccc(C(=O)N(Cc2ccco2)Cc2cc(NC(=O)c3ccco3)ccc2N(C)C)c1. The van der Waals surface area contributed by atoms with Crippen LogP contribution in [-0.2, 0) is 13.1 Å². The first kappa shape index (κ1) is 22.9. The van der Waals surface area contributed by atoms with E-state index in [0.717, 1.165) is 16.8 Å². The molecule has 174 valence electrons. The summed E-state index contributed by atoms with van der Waals surface area (Å²) in [7, 11) is 3.89. The standard InChI is InChI=1S/C27H27N3O4/c1-19-7-4-8-20(15-19)27(32)30(18-23-9-5-13-33-23)17-21-16-22(11-12-24(21)29(2)3)28-26(31)25-10-6-14-34-25/h4-16H,17-18H2,1-3H3,(H,28,31). The van der Waals surface area contributed by atoms with Gasteiger partial charge in [0.1, 0.15) is 5.76 Å². The van der Waals surface area contributed by atoms with Crippen LogP contribution in [0.1, 0.15) is 37.8 Å². The third kappa shape index (κ3) is 5.38. The maximum atomic E-state index is 13.5. The molecule has 0 radical (unpaired) electrons. The van der Waals surface area contributed by atoms with Gasteiger partial charge in [0.15, 0.2) is 5.76 Å². The Hall–Kier alpha value is -4.26. The highest BCUT2D eigenvalue weighted by molar-refractivity contribution is 6.02. The Morgan fingerprint density at radius 1 is 0.882 bits per heavy atom. The highest BCUT2D eigenvalue weighted by atomic mass is 16.3. The van der Waals surface area contributed by atoms with Gasteiger partial charge in [0.05, 0.1) is 19.1 Å². The van der Waals surface area contributed by atoms with Gasteiger partial charge < -0.3 is 24.0 Å². The van der Waals surface area contributed by atoms with Crippen LogP contribution in [-0.4, -0.2) is 30.8 Å². The van der Waals surface area contributed by atoms with Crippen LogP contribution in [0.15, 0.2) is 88.1 Å². The van der Waals surface area contributed by atoms with Crippen molar-refractivity contribution in [2.45, 2.75) is 20.0 Å². The average Bonchev–Trinajstić information content (AvgIpc) is 3.53. The molecule has 2 amide bonds. The highest BCUT2D eigenvalue weighted by Crippen LogP contribution is 2.26. The normalized spacial score (nSPS) is 10.7. The molecule has 0 saturated carbocycles. The van der Waals surface area contributed by atoms with Crippen LogP contribution in [0.2, 0.25) is 0 Å². The van der Waals surface area contributed by atoms with Gasteiger partial charge >= 0.3 is 0 Å². The molecule has 2 aromatic heterocycles. The van der Waals surface area contributed by atoms with E-state index in [2.05, 4.69) is 5.32 Å². The smallest absolute Gasteiger partial charge is 0.291 e. The lowest BCUT2D eigenvalue weighted by atomic mass is 10.1. The first-order chi connectivity index (χ1) is 16.4. The van der Waals surface area contributed by atoms with Crippen molar-refractivity contribution >= 4 is 23.2 Å². The van der Waals surface area contributed by atoms with Crippen molar-refractivity contribution in [3.8, 4) is 0 Å². The Kier molecular flexibility index (Phi) is 6.82. The number of carbonyl (C=O) groups is 2. The lowest BCUT2D eigenvalue weighted by Crippen LogP contribution is -2.31. The van der Waals surface area contributed by atoms with Crippen LogP contribution in [0, 0.1) is 6.92 Å². The lowest BCUT2D eigenvalue weighted by molar-refractivity contribution is 0.0717. The van der Waals surface area contributed by atoms with E-state index in [1.807, 2.05) is 74.4 Å². The van der Waals surface area contributed by atoms with E-state index >= 15 is 0 Å². The molecule has 7 nitrogen and oxygen atoms in total. The molecular formula is C27H27N3O4. The Morgan fingerprint density at radius 2 is 1.68 bits per heavy atom. The van der Waals surface area contributed by atoms with E-state index in [9.17, 15) is 9.59 Å². The first-order valence-corrected chi connectivity index (χ1v) is 10.9. The quantitative estimate of drug-likeness (QED) is 0.386. The molecule has 0 atom stereocenters. The summed E-state index contributed by atoms with van der Waals surface area (Å²) in [5.41, 5.74) is 4.07. The molecule has 0 aliphatic carbocycles. The van der Waals surface area contributed by atoms with E-state index in [0.29, 0.717) is 30.1 Å². The van der Waals surface area contributed by atoms with Crippen molar-refractivity contribution in [2.75, 3.05) is 24.3 Å². The highest BCUT2D eigenvalue weighted by Gasteiger charge is 2.21. The Morgan fingerprint density at radius 3 is 2.35 bits per heavy atom.